The van der Waals surface area contributed by atoms with Crippen LogP contribution >= 0.6 is 0 Å². The molecule has 0 N–H and O–H groups in total. The van der Waals surface area contributed by atoms with Gasteiger partial charge in [0.05, 0.1) is 11.0 Å². The number of aldehydes is 1. The van der Waals surface area contributed by atoms with Gasteiger partial charge < -0.3 is 14.9 Å². The Morgan fingerprint density at radius 3 is 2.79 bits per heavy atom. The normalized spacial score (nSPS) is 17.4. The Kier molecular flexibility index (Phi) is 1.80. The second-order valence-electron chi connectivity index (χ2n) is 3.41. The van der Waals surface area contributed by atoms with E-state index < -0.39 is 10.3 Å². The van der Waals surface area contributed by atoms with Crippen LogP contribution in [-0.2, 0) is 10.2 Å². The lowest BCUT2D eigenvalue weighted by atomic mass is 9.99. The van der Waals surface area contributed by atoms with Crippen molar-refractivity contribution in [2.45, 2.75) is 18.3 Å². The molecule has 1 heterocycles. The summed E-state index contributed by atoms with van der Waals surface area (Å²) in [7, 11) is 0. The van der Waals surface area contributed by atoms with E-state index in [0.29, 0.717) is 18.4 Å². The molecule has 1 aliphatic carbocycles. The van der Waals surface area contributed by atoms with Crippen LogP contribution in [-0.4, -0.2) is 16.2 Å². The zero-order valence-corrected chi connectivity index (χ0v) is 7.34. The van der Waals surface area contributed by atoms with Crippen molar-refractivity contribution in [2.75, 3.05) is 0 Å². The summed E-state index contributed by atoms with van der Waals surface area (Å²) in [5.41, 5.74) is -0.184. The van der Waals surface area contributed by atoms with E-state index in [1.165, 1.54) is 6.20 Å². The van der Waals surface area contributed by atoms with Gasteiger partial charge in [-0.3, -0.25) is 0 Å². The molecule has 1 aromatic rings. The molecule has 14 heavy (non-hydrogen) atoms. The van der Waals surface area contributed by atoms with E-state index in [1.54, 1.807) is 12.1 Å². The van der Waals surface area contributed by atoms with Crippen LogP contribution in [0.3, 0.4) is 0 Å². The molecule has 0 unspecified atom stereocenters. The van der Waals surface area contributed by atoms with Crippen molar-refractivity contribution in [3.8, 4) is 0 Å². The van der Waals surface area contributed by atoms with E-state index in [2.05, 4.69) is 4.98 Å². The standard InChI is InChI=1S/C9H8N2O3/c12-6-9(3-4-9)7-2-1-5-10-8(7)11(13)14/h1-2,5-6H,3-4H2. The van der Waals surface area contributed by atoms with Gasteiger partial charge in [0.2, 0.25) is 0 Å². The zero-order chi connectivity index (χ0) is 10.2. The second-order valence-corrected chi connectivity index (χ2v) is 3.41. The average Bonchev–Trinajstić information content (AvgIpc) is 2.98. The van der Waals surface area contributed by atoms with Crippen molar-refractivity contribution in [1.82, 2.24) is 4.98 Å². The van der Waals surface area contributed by atoms with Gasteiger partial charge in [-0.2, -0.15) is 0 Å². The number of aromatic nitrogens is 1. The quantitative estimate of drug-likeness (QED) is 0.410. The average molecular weight is 192 g/mol. The smallest absolute Gasteiger partial charge is 0.358 e. The highest BCUT2D eigenvalue weighted by Crippen LogP contribution is 2.48. The summed E-state index contributed by atoms with van der Waals surface area (Å²) in [6, 6.07) is 3.22. The molecule has 0 aliphatic heterocycles. The first kappa shape index (κ1) is 8.80. The van der Waals surface area contributed by atoms with E-state index in [0.717, 1.165) is 6.29 Å². The lowest BCUT2D eigenvalue weighted by molar-refractivity contribution is -0.390. The highest BCUT2D eigenvalue weighted by atomic mass is 16.6. The van der Waals surface area contributed by atoms with E-state index in [-0.39, 0.29) is 5.82 Å². The van der Waals surface area contributed by atoms with Gasteiger partial charge in [0.15, 0.2) is 0 Å². The fraction of sp³-hybridized carbons (Fsp3) is 0.333. The first-order valence-corrected chi connectivity index (χ1v) is 4.26. The van der Waals surface area contributed by atoms with Gasteiger partial charge in [-0.05, 0) is 34.9 Å². The fourth-order valence-electron chi connectivity index (χ4n) is 1.52. The van der Waals surface area contributed by atoms with Gasteiger partial charge in [0.1, 0.15) is 12.5 Å². The Morgan fingerprint density at radius 2 is 2.29 bits per heavy atom. The van der Waals surface area contributed by atoms with Crippen LogP contribution in [0, 0.1) is 10.1 Å². The second kappa shape index (κ2) is 2.87. The Bertz CT molecular complexity index is 399. The van der Waals surface area contributed by atoms with Crippen LogP contribution in [0.5, 0.6) is 0 Å². The SMILES string of the molecule is O=CC1(c2cccnc2[N+](=O)[O-])CC1. The van der Waals surface area contributed by atoms with Gasteiger partial charge in [0.25, 0.3) is 0 Å². The zero-order valence-electron chi connectivity index (χ0n) is 7.34. The highest BCUT2D eigenvalue weighted by molar-refractivity contribution is 5.75. The molecule has 5 heteroatoms. The molecule has 5 nitrogen and oxygen atoms in total. The van der Waals surface area contributed by atoms with E-state index >= 15 is 0 Å². The third-order valence-electron chi connectivity index (χ3n) is 2.51. The summed E-state index contributed by atoms with van der Waals surface area (Å²) in [6.45, 7) is 0. The number of carbonyl (C=O) groups is 1. The maximum Gasteiger partial charge on any atom is 0.367 e. The Morgan fingerprint density at radius 1 is 1.57 bits per heavy atom. The molecule has 1 saturated carbocycles. The van der Waals surface area contributed by atoms with E-state index in [9.17, 15) is 14.9 Å². The first-order chi connectivity index (χ1) is 6.69. The van der Waals surface area contributed by atoms with Gasteiger partial charge in [-0.25, -0.2) is 0 Å². The topological polar surface area (TPSA) is 73.1 Å². The van der Waals surface area contributed by atoms with Crippen molar-refractivity contribution in [1.29, 1.82) is 0 Å². The summed E-state index contributed by atoms with van der Waals surface area (Å²) in [4.78, 5) is 24.6. The van der Waals surface area contributed by atoms with E-state index in [4.69, 9.17) is 0 Å². The molecule has 1 fully saturated rings. The summed E-state index contributed by atoms with van der Waals surface area (Å²) < 4.78 is 0. The third-order valence-corrected chi connectivity index (χ3v) is 2.51. The Balaban J connectivity index is 2.52. The minimum Gasteiger partial charge on any atom is -0.358 e. The molecular weight excluding hydrogens is 184 g/mol. The van der Waals surface area contributed by atoms with Gasteiger partial charge in [-0.1, -0.05) is 0 Å². The Hall–Kier alpha value is -1.78. The van der Waals surface area contributed by atoms with Crippen molar-refractivity contribution in [3.63, 3.8) is 0 Å². The van der Waals surface area contributed by atoms with Gasteiger partial charge in [0, 0.05) is 0 Å². The van der Waals surface area contributed by atoms with Crippen LogP contribution in [0.25, 0.3) is 0 Å². The van der Waals surface area contributed by atoms with Crippen LogP contribution in [0.15, 0.2) is 18.3 Å². The predicted molar refractivity (Wildman–Crippen MR) is 47.9 cm³/mol. The molecule has 72 valence electrons. The molecule has 0 amide bonds. The molecular formula is C9H8N2O3. The number of pyridine rings is 1. The molecule has 0 aromatic carbocycles. The lowest BCUT2D eigenvalue weighted by Crippen LogP contribution is -2.11. The largest absolute Gasteiger partial charge is 0.367 e. The highest BCUT2D eigenvalue weighted by Gasteiger charge is 2.48. The number of nitro groups is 1. The third kappa shape index (κ3) is 1.17. The number of rotatable bonds is 3. The van der Waals surface area contributed by atoms with Gasteiger partial charge in [-0.15, -0.1) is 0 Å². The number of carbonyl (C=O) groups excluding carboxylic acids is 1. The van der Waals surface area contributed by atoms with Crippen LogP contribution in [0.1, 0.15) is 18.4 Å². The molecule has 0 bridgehead atoms. The number of nitrogens with zero attached hydrogens (tertiary/aromatic N) is 2. The summed E-state index contributed by atoms with van der Waals surface area (Å²) in [6.07, 6.45) is 3.52. The number of hydrogen-bond donors (Lipinski definition) is 0. The number of hydrogen-bond acceptors (Lipinski definition) is 4. The van der Waals surface area contributed by atoms with Gasteiger partial charge >= 0.3 is 5.82 Å². The maximum absolute atomic E-state index is 10.8. The van der Waals surface area contributed by atoms with Crippen molar-refractivity contribution >= 4 is 12.1 Å². The summed E-state index contributed by atoms with van der Waals surface area (Å²) >= 11 is 0. The van der Waals surface area contributed by atoms with Crippen molar-refractivity contribution < 1.29 is 9.72 Å². The lowest BCUT2D eigenvalue weighted by Gasteiger charge is -2.06. The molecule has 0 radical (unpaired) electrons. The monoisotopic (exact) mass is 192 g/mol. The minimum atomic E-state index is -0.628. The maximum atomic E-state index is 10.8. The molecule has 0 saturated heterocycles. The summed E-state index contributed by atoms with van der Waals surface area (Å²) in [5.74, 6) is -0.197. The first-order valence-electron chi connectivity index (χ1n) is 4.26. The fourth-order valence-corrected chi connectivity index (χ4v) is 1.52. The van der Waals surface area contributed by atoms with Crippen molar-refractivity contribution in [3.05, 3.63) is 34.0 Å². The Labute approximate surface area is 79.9 Å². The summed E-state index contributed by atoms with van der Waals surface area (Å²) in [5, 5.41) is 10.6. The molecule has 1 aliphatic rings. The van der Waals surface area contributed by atoms with Crippen LogP contribution in [0.2, 0.25) is 0 Å². The van der Waals surface area contributed by atoms with Crippen molar-refractivity contribution in [2.24, 2.45) is 0 Å². The van der Waals surface area contributed by atoms with Crippen LogP contribution in [0.4, 0.5) is 5.82 Å². The molecule has 1 aromatic heterocycles. The van der Waals surface area contributed by atoms with E-state index in [1.807, 2.05) is 0 Å². The molecule has 2 rings (SSSR count). The predicted octanol–water partition coefficient (Wildman–Crippen LogP) is 1.22. The van der Waals surface area contributed by atoms with Crippen LogP contribution < -0.4 is 0 Å². The minimum absolute atomic E-state index is 0.197. The molecule has 0 spiro atoms. The molecule has 0 atom stereocenters.